The van der Waals surface area contributed by atoms with E-state index in [1.54, 1.807) is 35.4 Å². The van der Waals surface area contributed by atoms with Gasteiger partial charge in [-0.15, -0.1) is 0 Å². The van der Waals surface area contributed by atoms with E-state index in [1.165, 1.54) is 4.31 Å². The van der Waals surface area contributed by atoms with E-state index in [9.17, 15) is 13.2 Å². The lowest BCUT2D eigenvalue weighted by atomic mass is 9.98. The van der Waals surface area contributed by atoms with Crippen LogP contribution in [0.5, 0.6) is 5.75 Å². The van der Waals surface area contributed by atoms with Crippen molar-refractivity contribution in [1.82, 2.24) is 14.2 Å². The fourth-order valence-corrected chi connectivity index (χ4v) is 5.45. The third kappa shape index (κ3) is 5.88. The molecule has 2 aromatic rings. The predicted octanol–water partition coefficient (Wildman–Crippen LogP) is 4.17. The number of benzene rings is 1. The van der Waals surface area contributed by atoms with Crippen molar-refractivity contribution < 1.29 is 22.7 Å². The van der Waals surface area contributed by atoms with Crippen LogP contribution in [0.4, 0.5) is 4.79 Å². The van der Waals surface area contributed by atoms with Gasteiger partial charge in [0.05, 0.1) is 23.4 Å². The summed E-state index contributed by atoms with van der Waals surface area (Å²) in [5.74, 6) is 1.06. The standard InChI is InChI=1S/C25H33N3O5S/c1-25(2,3)33-24(29)27-15-11-19(12-16-27)18-32-21-7-10-23(26-17-21)20-5-8-22(9-6-20)34(30,31)28-13-4-14-28/h5-10,17,19H,4,11-16,18H2,1-3H3. The molecule has 2 aliphatic heterocycles. The zero-order valence-corrected chi connectivity index (χ0v) is 20.9. The number of hydrogen-bond acceptors (Lipinski definition) is 6. The van der Waals surface area contributed by atoms with E-state index in [0.29, 0.717) is 49.3 Å². The number of likely N-dealkylation sites (tertiary alicyclic amines) is 1. The summed E-state index contributed by atoms with van der Waals surface area (Å²) in [6, 6.07) is 10.6. The zero-order valence-electron chi connectivity index (χ0n) is 20.1. The van der Waals surface area contributed by atoms with Crippen LogP contribution >= 0.6 is 0 Å². The second-order valence-electron chi connectivity index (χ2n) is 9.88. The lowest BCUT2D eigenvalue weighted by Crippen LogP contribution is -2.42. The number of carbonyl (C=O) groups is 1. The molecule has 1 amide bonds. The van der Waals surface area contributed by atoms with Gasteiger partial charge in [-0.1, -0.05) is 12.1 Å². The molecule has 3 heterocycles. The van der Waals surface area contributed by atoms with Crippen LogP contribution in [0.25, 0.3) is 11.3 Å². The van der Waals surface area contributed by atoms with Crippen LogP contribution in [0.1, 0.15) is 40.0 Å². The van der Waals surface area contributed by atoms with Crippen molar-refractivity contribution in [3.05, 3.63) is 42.6 Å². The molecule has 2 saturated heterocycles. The number of piperidine rings is 1. The maximum atomic E-state index is 12.5. The summed E-state index contributed by atoms with van der Waals surface area (Å²) in [7, 11) is -3.38. The summed E-state index contributed by atoms with van der Waals surface area (Å²) in [6.45, 7) is 8.72. The molecule has 184 valence electrons. The van der Waals surface area contributed by atoms with Gasteiger partial charge in [0.2, 0.25) is 10.0 Å². The van der Waals surface area contributed by atoms with E-state index in [-0.39, 0.29) is 6.09 Å². The Morgan fingerprint density at radius 2 is 1.71 bits per heavy atom. The number of carbonyl (C=O) groups excluding carboxylic acids is 1. The van der Waals surface area contributed by atoms with Gasteiger partial charge >= 0.3 is 6.09 Å². The second-order valence-corrected chi connectivity index (χ2v) is 11.8. The quantitative estimate of drug-likeness (QED) is 0.608. The van der Waals surface area contributed by atoms with Gasteiger partial charge in [0, 0.05) is 31.7 Å². The number of aromatic nitrogens is 1. The van der Waals surface area contributed by atoms with E-state index >= 15 is 0 Å². The molecule has 0 aliphatic carbocycles. The van der Waals surface area contributed by atoms with Gasteiger partial charge in [-0.25, -0.2) is 13.2 Å². The van der Waals surface area contributed by atoms with Crippen LogP contribution < -0.4 is 4.74 Å². The first kappa shape index (κ1) is 24.5. The Morgan fingerprint density at radius 1 is 1.03 bits per heavy atom. The molecule has 4 rings (SSSR count). The maximum absolute atomic E-state index is 12.5. The SMILES string of the molecule is CC(C)(C)OC(=O)N1CCC(COc2ccc(-c3ccc(S(=O)(=O)N4CCC4)cc3)nc2)CC1. The molecule has 9 heteroatoms. The largest absolute Gasteiger partial charge is 0.492 e. The van der Waals surface area contributed by atoms with Gasteiger partial charge in [-0.05, 0) is 70.2 Å². The second kappa shape index (κ2) is 9.92. The number of ether oxygens (including phenoxy) is 2. The Kier molecular flexibility index (Phi) is 7.14. The van der Waals surface area contributed by atoms with Gasteiger partial charge in [0.15, 0.2) is 0 Å². The molecule has 0 saturated carbocycles. The lowest BCUT2D eigenvalue weighted by Gasteiger charge is -2.33. The Balaban J connectivity index is 1.26. The molecular formula is C25H33N3O5S. The topological polar surface area (TPSA) is 89.0 Å². The minimum atomic E-state index is -3.38. The first-order chi connectivity index (χ1) is 16.1. The van der Waals surface area contributed by atoms with E-state index in [0.717, 1.165) is 30.5 Å². The Hall–Kier alpha value is -2.65. The van der Waals surface area contributed by atoms with Crippen molar-refractivity contribution in [2.75, 3.05) is 32.8 Å². The molecule has 1 aromatic heterocycles. The highest BCUT2D eigenvalue weighted by Gasteiger charge is 2.29. The fraction of sp³-hybridized carbons (Fsp3) is 0.520. The highest BCUT2D eigenvalue weighted by molar-refractivity contribution is 7.89. The molecule has 2 aliphatic rings. The molecule has 0 spiro atoms. The van der Waals surface area contributed by atoms with Crippen molar-refractivity contribution in [2.45, 2.75) is 50.5 Å². The van der Waals surface area contributed by atoms with Crippen molar-refractivity contribution in [3.63, 3.8) is 0 Å². The van der Waals surface area contributed by atoms with E-state index < -0.39 is 15.6 Å². The number of sulfonamides is 1. The third-order valence-corrected chi connectivity index (χ3v) is 8.00. The summed E-state index contributed by atoms with van der Waals surface area (Å²) in [5.41, 5.74) is 1.12. The van der Waals surface area contributed by atoms with Crippen LogP contribution in [0, 0.1) is 5.92 Å². The minimum Gasteiger partial charge on any atom is -0.492 e. The van der Waals surface area contributed by atoms with Gasteiger partial charge in [-0.2, -0.15) is 4.31 Å². The Bertz CT molecular complexity index is 1080. The number of hydrogen-bond donors (Lipinski definition) is 0. The number of pyridine rings is 1. The predicted molar refractivity (Wildman–Crippen MR) is 129 cm³/mol. The molecule has 0 N–H and O–H groups in total. The minimum absolute atomic E-state index is 0.252. The van der Waals surface area contributed by atoms with Crippen LogP contribution in [0.3, 0.4) is 0 Å². The first-order valence-corrected chi connectivity index (χ1v) is 13.2. The molecule has 2 fully saturated rings. The Morgan fingerprint density at radius 3 is 2.24 bits per heavy atom. The van der Waals surface area contributed by atoms with Crippen LogP contribution in [0.2, 0.25) is 0 Å². The number of amides is 1. The third-order valence-electron chi connectivity index (χ3n) is 6.09. The van der Waals surface area contributed by atoms with Crippen LogP contribution in [-0.4, -0.2) is 67.1 Å². The number of nitrogens with zero attached hydrogens (tertiary/aromatic N) is 3. The molecule has 0 bridgehead atoms. The van der Waals surface area contributed by atoms with Crippen molar-refractivity contribution in [1.29, 1.82) is 0 Å². The van der Waals surface area contributed by atoms with E-state index in [4.69, 9.17) is 9.47 Å². The van der Waals surface area contributed by atoms with Gasteiger partial charge < -0.3 is 14.4 Å². The molecular weight excluding hydrogens is 454 g/mol. The Labute approximate surface area is 201 Å². The number of rotatable bonds is 6. The first-order valence-electron chi connectivity index (χ1n) is 11.8. The maximum Gasteiger partial charge on any atom is 0.410 e. The fourth-order valence-electron chi connectivity index (χ4n) is 3.93. The summed E-state index contributed by atoms with van der Waals surface area (Å²) < 4.78 is 37.8. The van der Waals surface area contributed by atoms with Crippen molar-refractivity contribution >= 4 is 16.1 Å². The molecule has 0 radical (unpaired) electrons. The molecule has 1 aromatic carbocycles. The average molecular weight is 488 g/mol. The summed E-state index contributed by atoms with van der Waals surface area (Å²) in [6.07, 6.45) is 4.10. The van der Waals surface area contributed by atoms with Gasteiger partial charge in [0.25, 0.3) is 0 Å². The van der Waals surface area contributed by atoms with Crippen molar-refractivity contribution in [3.8, 4) is 17.0 Å². The normalized spacial score (nSPS) is 17.8. The van der Waals surface area contributed by atoms with E-state index in [2.05, 4.69) is 4.98 Å². The molecule has 8 nitrogen and oxygen atoms in total. The average Bonchev–Trinajstić information content (AvgIpc) is 2.76. The molecule has 0 unspecified atom stereocenters. The summed E-state index contributed by atoms with van der Waals surface area (Å²) in [4.78, 5) is 18.8. The summed E-state index contributed by atoms with van der Waals surface area (Å²) in [5, 5.41) is 0. The highest BCUT2D eigenvalue weighted by atomic mass is 32.2. The van der Waals surface area contributed by atoms with Gasteiger partial charge in [0.1, 0.15) is 11.4 Å². The lowest BCUT2D eigenvalue weighted by molar-refractivity contribution is 0.0165. The zero-order chi connectivity index (χ0) is 24.3. The monoisotopic (exact) mass is 487 g/mol. The van der Waals surface area contributed by atoms with Crippen LogP contribution in [0.15, 0.2) is 47.5 Å². The van der Waals surface area contributed by atoms with Crippen molar-refractivity contribution in [2.24, 2.45) is 5.92 Å². The van der Waals surface area contributed by atoms with E-state index in [1.807, 2.05) is 32.9 Å². The van der Waals surface area contributed by atoms with Crippen LogP contribution in [-0.2, 0) is 14.8 Å². The smallest absolute Gasteiger partial charge is 0.410 e. The molecule has 0 atom stereocenters. The highest BCUT2D eigenvalue weighted by Crippen LogP contribution is 2.26. The summed E-state index contributed by atoms with van der Waals surface area (Å²) >= 11 is 0. The molecule has 34 heavy (non-hydrogen) atoms. The van der Waals surface area contributed by atoms with Gasteiger partial charge in [-0.3, -0.25) is 4.98 Å².